The number of hydrogen-bond donors (Lipinski definition) is 1. The minimum absolute atomic E-state index is 0.218. The zero-order valence-electron chi connectivity index (χ0n) is 11.8. The minimum Gasteiger partial charge on any atom is -0.398 e. The van der Waals surface area contributed by atoms with Crippen molar-refractivity contribution in [2.45, 2.75) is 13.0 Å². The molecular weight excluding hydrogens is 291 g/mol. The van der Waals surface area contributed by atoms with Gasteiger partial charge in [-0.25, -0.2) is 4.39 Å². The van der Waals surface area contributed by atoms with Crippen molar-refractivity contribution in [2.75, 3.05) is 12.8 Å². The highest BCUT2D eigenvalue weighted by molar-refractivity contribution is 6.36. The third-order valence-electron chi connectivity index (χ3n) is 3.52. The molecule has 2 rings (SSSR count). The molecule has 5 heteroatoms. The molecule has 0 spiro atoms. The van der Waals surface area contributed by atoms with Gasteiger partial charge in [-0.1, -0.05) is 35.9 Å². The summed E-state index contributed by atoms with van der Waals surface area (Å²) in [5, 5.41) is 0.218. The summed E-state index contributed by atoms with van der Waals surface area (Å²) < 4.78 is 13.8. The number of amides is 1. The summed E-state index contributed by atoms with van der Waals surface area (Å²) >= 11 is 6.07. The Hall–Kier alpha value is -2.07. The second kappa shape index (κ2) is 6.14. The minimum atomic E-state index is -0.420. The number of nitrogen functional groups attached to an aromatic ring is 1. The SMILES string of the molecule is CC(c1ccccc1F)N(C)C(=O)c1cccc(N)c1Cl. The molecule has 1 unspecified atom stereocenters. The van der Waals surface area contributed by atoms with E-state index in [1.807, 2.05) is 0 Å². The van der Waals surface area contributed by atoms with Gasteiger partial charge < -0.3 is 10.6 Å². The number of anilines is 1. The quantitative estimate of drug-likeness (QED) is 0.874. The number of nitrogens with two attached hydrogens (primary N) is 1. The molecule has 0 saturated carbocycles. The van der Waals surface area contributed by atoms with Crippen molar-refractivity contribution in [1.82, 2.24) is 4.90 Å². The number of carbonyl (C=O) groups is 1. The van der Waals surface area contributed by atoms with Gasteiger partial charge in [0.05, 0.1) is 22.3 Å². The van der Waals surface area contributed by atoms with Crippen molar-refractivity contribution in [3.05, 3.63) is 64.4 Å². The fraction of sp³-hybridized carbons (Fsp3) is 0.188. The van der Waals surface area contributed by atoms with Crippen LogP contribution in [-0.4, -0.2) is 17.9 Å². The van der Waals surface area contributed by atoms with Gasteiger partial charge in [0, 0.05) is 12.6 Å². The van der Waals surface area contributed by atoms with Crippen LogP contribution in [0.3, 0.4) is 0 Å². The van der Waals surface area contributed by atoms with E-state index < -0.39 is 6.04 Å². The summed E-state index contributed by atoms with van der Waals surface area (Å²) in [5.41, 5.74) is 6.81. The second-order valence-electron chi connectivity index (χ2n) is 4.82. The van der Waals surface area contributed by atoms with Crippen LogP contribution >= 0.6 is 11.6 Å². The van der Waals surface area contributed by atoms with Gasteiger partial charge in [-0.2, -0.15) is 0 Å². The molecule has 21 heavy (non-hydrogen) atoms. The number of benzene rings is 2. The maximum absolute atomic E-state index is 13.8. The lowest BCUT2D eigenvalue weighted by molar-refractivity contribution is 0.0740. The van der Waals surface area contributed by atoms with Gasteiger partial charge in [0.1, 0.15) is 5.82 Å². The standard InChI is InChI=1S/C16H16ClFN2O/c1-10(11-6-3-4-8-13(11)18)20(2)16(21)12-7-5-9-14(19)15(12)17/h3-10H,19H2,1-2H3. The molecule has 0 aliphatic rings. The molecule has 2 N–H and O–H groups in total. The highest BCUT2D eigenvalue weighted by atomic mass is 35.5. The predicted octanol–water partition coefficient (Wildman–Crippen LogP) is 3.89. The largest absolute Gasteiger partial charge is 0.398 e. The molecule has 0 heterocycles. The van der Waals surface area contributed by atoms with Crippen LogP contribution in [-0.2, 0) is 0 Å². The Bertz CT molecular complexity index is 675. The third kappa shape index (κ3) is 3.00. The van der Waals surface area contributed by atoms with E-state index in [4.69, 9.17) is 17.3 Å². The average molecular weight is 307 g/mol. The van der Waals surface area contributed by atoms with E-state index in [2.05, 4.69) is 0 Å². The molecule has 3 nitrogen and oxygen atoms in total. The van der Waals surface area contributed by atoms with Gasteiger partial charge >= 0.3 is 0 Å². The Morgan fingerprint density at radius 2 is 1.90 bits per heavy atom. The van der Waals surface area contributed by atoms with Crippen LogP contribution < -0.4 is 5.73 Å². The summed E-state index contributed by atoms with van der Waals surface area (Å²) in [6.45, 7) is 1.76. The Morgan fingerprint density at radius 1 is 1.24 bits per heavy atom. The number of hydrogen-bond acceptors (Lipinski definition) is 2. The predicted molar refractivity (Wildman–Crippen MR) is 82.8 cm³/mol. The lowest BCUT2D eigenvalue weighted by Crippen LogP contribution is -2.30. The van der Waals surface area contributed by atoms with Crippen molar-refractivity contribution >= 4 is 23.2 Å². The summed E-state index contributed by atoms with van der Waals surface area (Å²) in [6.07, 6.45) is 0. The maximum Gasteiger partial charge on any atom is 0.255 e. The summed E-state index contributed by atoms with van der Waals surface area (Å²) in [5.74, 6) is -0.647. The molecule has 0 fully saturated rings. The third-order valence-corrected chi connectivity index (χ3v) is 3.94. The second-order valence-corrected chi connectivity index (χ2v) is 5.20. The molecule has 2 aromatic rings. The number of halogens is 2. The van der Waals surface area contributed by atoms with Crippen LogP contribution in [0, 0.1) is 5.82 Å². The van der Waals surface area contributed by atoms with E-state index >= 15 is 0 Å². The van der Waals surface area contributed by atoms with E-state index in [1.54, 1.807) is 50.4 Å². The number of nitrogens with zero attached hydrogens (tertiary/aromatic N) is 1. The zero-order valence-corrected chi connectivity index (χ0v) is 12.6. The van der Waals surface area contributed by atoms with Crippen molar-refractivity contribution in [3.63, 3.8) is 0 Å². The lowest BCUT2D eigenvalue weighted by atomic mass is 10.1. The molecule has 1 amide bonds. The van der Waals surface area contributed by atoms with Crippen LogP contribution in [0.15, 0.2) is 42.5 Å². The normalized spacial score (nSPS) is 12.0. The Kier molecular flexibility index (Phi) is 4.48. The van der Waals surface area contributed by atoms with Crippen molar-refractivity contribution < 1.29 is 9.18 Å². The molecule has 0 saturated heterocycles. The van der Waals surface area contributed by atoms with E-state index in [1.165, 1.54) is 11.0 Å². The topological polar surface area (TPSA) is 46.3 Å². The van der Waals surface area contributed by atoms with Crippen LogP contribution in [0.1, 0.15) is 28.9 Å². The van der Waals surface area contributed by atoms with Gasteiger partial charge in [-0.05, 0) is 25.1 Å². The van der Waals surface area contributed by atoms with Gasteiger partial charge in [-0.3, -0.25) is 4.79 Å². The lowest BCUT2D eigenvalue weighted by Gasteiger charge is -2.26. The first kappa shape index (κ1) is 15.3. The number of rotatable bonds is 3. The molecular formula is C16H16ClFN2O. The highest BCUT2D eigenvalue weighted by Crippen LogP contribution is 2.28. The Morgan fingerprint density at radius 3 is 2.57 bits per heavy atom. The highest BCUT2D eigenvalue weighted by Gasteiger charge is 2.23. The monoisotopic (exact) mass is 306 g/mol. The fourth-order valence-electron chi connectivity index (χ4n) is 2.10. The number of carbonyl (C=O) groups excluding carboxylic acids is 1. The maximum atomic E-state index is 13.8. The zero-order chi connectivity index (χ0) is 15.6. The van der Waals surface area contributed by atoms with Gasteiger partial charge in [0.15, 0.2) is 0 Å². The summed E-state index contributed by atoms with van der Waals surface area (Å²) in [4.78, 5) is 14.0. The van der Waals surface area contributed by atoms with Crippen molar-refractivity contribution in [2.24, 2.45) is 0 Å². The average Bonchev–Trinajstić information content (AvgIpc) is 2.48. The van der Waals surface area contributed by atoms with E-state index in [0.29, 0.717) is 16.8 Å². The Balaban J connectivity index is 2.31. The molecule has 0 bridgehead atoms. The van der Waals surface area contributed by atoms with Gasteiger partial charge in [-0.15, -0.1) is 0 Å². The fourth-order valence-corrected chi connectivity index (χ4v) is 2.31. The van der Waals surface area contributed by atoms with E-state index in [0.717, 1.165) is 0 Å². The molecule has 0 aliphatic heterocycles. The van der Waals surface area contributed by atoms with Gasteiger partial charge in [0.25, 0.3) is 5.91 Å². The van der Waals surface area contributed by atoms with Crippen LogP contribution in [0.4, 0.5) is 10.1 Å². The first-order valence-corrected chi connectivity index (χ1v) is 6.87. The smallest absolute Gasteiger partial charge is 0.255 e. The van der Waals surface area contributed by atoms with Crippen LogP contribution in [0.5, 0.6) is 0 Å². The van der Waals surface area contributed by atoms with Crippen LogP contribution in [0.2, 0.25) is 5.02 Å². The van der Waals surface area contributed by atoms with E-state index in [9.17, 15) is 9.18 Å². The Labute approximate surface area is 128 Å². The molecule has 0 radical (unpaired) electrons. The molecule has 2 aromatic carbocycles. The van der Waals surface area contributed by atoms with Crippen molar-refractivity contribution in [1.29, 1.82) is 0 Å². The summed E-state index contributed by atoms with van der Waals surface area (Å²) in [6, 6.07) is 10.8. The first-order valence-electron chi connectivity index (χ1n) is 6.49. The van der Waals surface area contributed by atoms with Crippen LogP contribution in [0.25, 0.3) is 0 Å². The van der Waals surface area contributed by atoms with Crippen molar-refractivity contribution in [3.8, 4) is 0 Å². The van der Waals surface area contributed by atoms with E-state index in [-0.39, 0.29) is 16.7 Å². The molecule has 0 aromatic heterocycles. The molecule has 110 valence electrons. The van der Waals surface area contributed by atoms with Gasteiger partial charge in [0.2, 0.25) is 0 Å². The molecule has 1 atom stereocenters. The molecule has 0 aliphatic carbocycles. The first-order chi connectivity index (χ1) is 9.93. The summed E-state index contributed by atoms with van der Waals surface area (Å²) in [7, 11) is 1.61.